The number of aryl methyl sites for hydroxylation is 1. The van der Waals surface area contributed by atoms with Gasteiger partial charge in [-0.2, -0.15) is 5.10 Å². The number of rotatable bonds is 11. The van der Waals surface area contributed by atoms with Crippen LogP contribution in [0.15, 0.2) is 103 Å². The maximum absolute atomic E-state index is 13.6. The van der Waals surface area contributed by atoms with Crippen LogP contribution in [0.5, 0.6) is 5.75 Å². The summed E-state index contributed by atoms with van der Waals surface area (Å²) >= 11 is 0. The first-order valence-corrected chi connectivity index (χ1v) is 14.9. The predicted molar refractivity (Wildman–Crippen MR) is 173 cm³/mol. The van der Waals surface area contributed by atoms with E-state index in [1.807, 2.05) is 61.5 Å². The Morgan fingerprint density at radius 1 is 0.977 bits per heavy atom. The zero-order chi connectivity index (χ0) is 30.5. The SMILES string of the molecule is [C-]#[N+]c1cccc(-n2nc(C)cc2C(=O)Nc2cccc(C(NCC3CC3)c3cccc(OCc4ccccc4)c3C)c2)c1. The van der Waals surface area contributed by atoms with Gasteiger partial charge in [-0.1, -0.05) is 66.7 Å². The number of amides is 1. The highest BCUT2D eigenvalue weighted by molar-refractivity contribution is 6.03. The largest absolute Gasteiger partial charge is 0.489 e. The van der Waals surface area contributed by atoms with E-state index in [0.717, 1.165) is 34.5 Å². The monoisotopic (exact) mass is 581 g/mol. The van der Waals surface area contributed by atoms with Gasteiger partial charge in [0.15, 0.2) is 5.69 Å². The Balaban J connectivity index is 1.26. The number of hydrogen-bond donors (Lipinski definition) is 2. The van der Waals surface area contributed by atoms with Gasteiger partial charge in [0, 0.05) is 5.69 Å². The van der Waals surface area contributed by atoms with Crippen LogP contribution in [0.25, 0.3) is 10.5 Å². The van der Waals surface area contributed by atoms with Crippen molar-refractivity contribution >= 4 is 17.3 Å². The average molecular weight is 582 g/mol. The molecule has 4 aromatic carbocycles. The lowest BCUT2D eigenvalue weighted by molar-refractivity contribution is 0.101. The van der Waals surface area contributed by atoms with Gasteiger partial charge in [0.25, 0.3) is 5.91 Å². The molecule has 7 heteroatoms. The van der Waals surface area contributed by atoms with Crippen LogP contribution >= 0.6 is 0 Å². The Morgan fingerprint density at radius 3 is 2.57 bits per heavy atom. The molecule has 0 bridgehead atoms. The van der Waals surface area contributed by atoms with Gasteiger partial charge in [-0.05, 0) is 97.8 Å². The minimum atomic E-state index is -0.272. The molecule has 1 atom stereocenters. The van der Waals surface area contributed by atoms with Gasteiger partial charge in [-0.15, -0.1) is 0 Å². The first-order chi connectivity index (χ1) is 21.5. The van der Waals surface area contributed by atoms with Crippen LogP contribution in [-0.4, -0.2) is 22.2 Å². The van der Waals surface area contributed by atoms with Crippen molar-refractivity contribution in [3.8, 4) is 11.4 Å². The number of anilines is 1. The van der Waals surface area contributed by atoms with E-state index in [1.165, 1.54) is 12.8 Å². The maximum atomic E-state index is 13.6. The lowest BCUT2D eigenvalue weighted by Crippen LogP contribution is -2.25. The first kappa shape index (κ1) is 28.9. The second-order valence-electron chi connectivity index (χ2n) is 11.3. The molecule has 1 aromatic heterocycles. The fraction of sp³-hybridized carbons (Fsp3) is 0.216. The molecule has 1 fully saturated rings. The number of aromatic nitrogens is 2. The van der Waals surface area contributed by atoms with E-state index in [-0.39, 0.29) is 11.9 Å². The van der Waals surface area contributed by atoms with Crippen molar-refractivity contribution in [1.82, 2.24) is 15.1 Å². The predicted octanol–water partition coefficient (Wildman–Crippen LogP) is 7.96. The minimum Gasteiger partial charge on any atom is -0.489 e. The third-order valence-corrected chi connectivity index (χ3v) is 7.93. The molecule has 1 heterocycles. The lowest BCUT2D eigenvalue weighted by Gasteiger charge is -2.24. The normalized spacial score (nSPS) is 13.2. The van der Waals surface area contributed by atoms with Crippen LogP contribution in [-0.2, 0) is 6.61 Å². The number of nitrogens with one attached hydrogen (secondary N) is 2. The molecule has 0 saturated heterocycles. The molecule has 1 amide bonds. The molecule has 6 rings (SSSR count). The number of ether oxygens (including phenoxy) is 1. The molecule has 7 nitrogen and oxygen atoms in total. The summed E-state index contributed by atoms with van der Waals surface area (Å²) in [7, 11) is 0. The second kappa shape index (κ2) is 13.0. The zero-order valence-electron chi connectivity index (χ0n) is 25.0. The summed E-state index contributed by atoms with van der Waals surface area (Å²) in [6.45, 7) is 12.7. The van der Waals surface area contributed by atoms with E-state index >= 15 is 0 Å². The standard InChI is InChI=1S/C37H35N5O2/c1-25-20-34(42(41-25)32-15-8-13-30(22-32)38-3)37(43)40-31-14-7-12-29(21-31)36(39-23-27-18-19-27)33-16-9-17-35(26(33)2)44-24-28-10-5-4-6-11-28/h4-17,20-22,27,36,39H,18-19,23-24H2,1-2H3,(H,40,43). The number of hydrogen-bond acceptors (Lipinski definition) is 4. The summed E-state index contributed by atoms with van der Waals surface area (Å²) in [6, 6.07) is 33.2. The van der Waals surface area contributed by atoms with Crippen molar-refractivity contribution in [2.75, 3.05) is 11.9 Å². The summed E-state index contributed by atoms with van der Waals surface area (Å²) in [5, 5.41) is 11.4. The second-order valence-corrected chi connectivity index (χ2v) is 11.3. The van der Waals surface area contributed by atoms with Crippen molar-refractivity contribution in [1.29, 1.82) is 0 Å². The fourth-order valence-corrected chi connectivity index (χ4v) is 5.39. The molecule has 2 N–H and O–H groups in total. The zero-order valence-corrected chi connectivity index (χ0v) is 25.0. The van der Waals surface area contributed by atoms with E-state index in [2.05, 4.69) is 51.8 Å². The summed E-state index contributed by atoms with van der Waals surface area (Å²) in [4.78, 5) is 17.1. The van der Waals surface area contributed by atoms with Gasteiger partial charge in [0.1, 0.15) is 18.1 Å². The van der Waals surface area contributed by atoms with E-state index in [4.69, 9.17) is 11.3 Å². The number of carbonyl (C=O) groups excluding carboxylic acids is 1. The van der Waals surface area contributed by atoms with E-state index in [0.29, 0.717) is 41.0 Å². The molecule has 0 radical (unpaired) electrons. The molecule has 1 aliphatic carbocycles. The smallest absolute Gasteiger partial charge is 0.274 e. The molecule has 0 aliphatic heterocycles. The fourth-order valence-electron chi connectivity index (χ4n) is 5.39. The van der Waals surface area contributed by atoms with Crippen molar-refractivity contribution in [3.63, 3.8) is 0 Å². The van der Waals surface area contributed by atoms with Gasteiger partial charge >= 0.3 is 0 Å². The minimum absolute atomic E-state index is 0.0724. The van der Waals surface area contributed by atoms with E-state index < -0.39 is 0 Å². The van der Waals surface area contributed by atoms with Gasteiger partial charge < -0.3 is 15.4 Å². The van der Waals surface area contributed by atoms with Gasteiger partial charge in [0.2, 0.25) is 0 Å². The molecule has 1 saturated carbocycles. The molecule has 1 unspecified atom stereocenters. The first-order valence-electron chi connectivity index (χ1n) is 14.9. The molecule has 44 heavy (non-hydrogen) atoms. The van der Waals surface area contributed by atoms with Gasteiger partial charge in [-0.3, -0.25) is 4.79 Å². The highest BCUT2D eigenvalue weighted by Gasteiger charge is 2.25. The quantitative estimate of drug-likeness (QED) is 0.155. The molecular formula is C37H35N5O2. The van der Waals surface area contributed by atoms with Crippen molar-refractivity contribution in [2.45, 2.75) is 39.3 Å². The van der Waals surface area contributed by atoms with Crippen molar-refractivity contribution in [3.05, 3.63) is 148 Å². The van der Waals surface area contributed by atoms with Crippen molar-refractivity contribution < 1.29 is 9.53 Å². The summed E-state index contributed by atoms with van der Waals surface area (Å²) in [5.41, 5.74) is 7.38. The molecular weight excluding hydrogens is 546 g/mol. The van der Waals surface area contributed by atoms with Gasteiger partial charge in [-0.25, -0.2) is 9.53 Å². The number of benzene rings is 4. The molecule has 5 aromatic rings. The topological polar surface area (TPSA) is 72.5 Å². The van der Waals surface area contributed by atoms with Crippen LogP contribution < -0.4 is 15.4 Å². The van der Waals surface area contributed by atoms with Crippen LogP contribution in [0.3, 0.4) is 0 Å². The third-order valence-electron chi connectivity index (χ3n) is 7.93. The Kier molecular flexibility index (Phi) is 8.53. The number of carbonyl (C=O) groups is 1. The lowest BCUT2D eigenvalue weighted by atomic mass is 9.94. The molecule has 0 spiro atoms. The average Bonchev–Trinajstić information content (AvgIpc) is 3.80. The van der Waals surface area contributed by atoms with Crippen molar-refractivity contribution in [2.24, 2.45) is 5.92 Å². The Labute approximate surface area is 258 Å². The number of nitrogens with zero attached hydrogens (tertiary/aromatic N) is 3. The van der Waals surface area contributed by atoms with Crippen LogP contribution in [0.1, 0.15) is 57.3 Å². The molecule has 220 valence electrons. The van der Waals surface area contributed by atoms with Crippen LogP contribution in [0, 0.1) is 26.3 Å². The summed E-state index contributed by atoms with van der Waals surface area (Å²) in [5.74, 6) is 1.29. The molecule has 1 aliphatic rings. The highest BCUT2D eigenvalue weighted by Crippen LogP contribution is 2.34. The summed E-state index contributed by atoms with van der Waals surface area (Å²) in [6.07, 6.45) is 2.50. The Hall–Kier alpha value is -5.19. The van der Waals surface area contributed by atoms with E-state index in [9.17, 15) is 4.79 Å². The summed E-state index contributed by atoms with van der Waals surface area (Å²) < 4.78 is 7.86. The van der Waals surface area contributed by atoms with Gasteiger partial charge in [0.05, 0.1) is 24.0 Å². The van der Waals surface area contributed by atoms with E-state index in [1.54, 1.807) is 28.9 Å². The third kappa shape index (κ3) is 6.72. The highest BCUT2D eigenvalue weighted by atomic mass is 16.5. The Morgan fingerprint density at radius 2 is 1.77 bits per heavy atom. The van der Waals surface area contributed by atoms with Crippen LogP contribution in [0.2, 0.25) is 0 Å². The Bertz CT molecular complexity index is 1820. The van der Waals surface area contributed by atoms with Crippen LogP contribution in [0.4, 0.5) is 11.4 Å². The maximum Gasteiger partial charge on any atom is 0.274 e.